The van der Waals surface area contributed by atoms with Crippen molar-refractivity contribution >= 4 is 11.3 Å². The van der Waals surface area contributed by atoms with Crippen molar-refractivity contribution in [2.75, 3.05) is 13.2 Å². The smallest absolute Gasteiger partial charge is 0.0900 e. The number of aliphatic hydroxyl groups is 1. The van der Waals surface area contributed by atoms with E-state index in [0.29, 0.717) is 12.0 Å². The first-order chi connectivity index (χ1) is 8.58. The number of hydrogen-bond donors (Lipinski definition) is 2. The lowest BCUT2D eigenvalue weighted by Crippen LogP contribution is -2.27. The number of hydrogen-bond acceptors (Lipinski definition) is 4. The molecule has 0 saturated carbocycles. The van der Waals surface area contributed by atoms with Crippen molar-refractivity contribution in [3.8, 4) is 0 Å². The fourth-order valence-electron chi connectivity index (χ4n) is 2.33. The number of aromatic nitrogens is 1. The van der Waals surface area contributed by atoms with Gasteiger partial charge in [0.1, 0.15) is 0 Å². The minimum absolute atomic E-state index is 0.287. The molecule has 1 aromatic heterocycles. The molecule has 0 aliphatic heterocycles. The predicted molar refractivity (Wildman–Crippen MR) is 78.1 cm³/mol. The Balaban J connectivity index is 2.48. The average molecular weight is 270 g/mol. The summed E-state index contributed by atoms with van der Waals surface area (Å²) in [6.45, 7) is 9.81. The van der Waals surface area contributed by atoms with Gasteiger partial charge in [0.15, 0.2) is 0 Å². The molecule has 0 spiro atoms. The van der Waals surface area contributed by atoms with Crippen LogP contribution in [0.15, 0.2) is 0 Å². The van der Waals surface area contributed by atoms with Crippen LogP contribution in [0.4, 0.5) is 0 Å². The first-order valence-electron chi connectivity index (χ1n) is 6.86. The van der Waals surface area contributed by atoms with Crippen molar-refractivity contribution < 1.29 is 5.11 Å². The van der Waals surface area contributed by atoms with Crippen LogP contribution in [-0.4, -0.2) is 23.2 Å². The van der Waals surface area contributed by atoms with Gasteiger partial charge in [-0.2, -0.15) is 0 Å². The summed E-state index contributed by atoms with van der Waals surface area (Å²) in [7, 11) is 0. The van der Waals surface area contributed by atoms with Crippen LogP contribution < -0.4 is 5.32 Å². The van der Waals surface area contributed by atoms with Gasteiger partial charge < -0.3 is 10.4 Å². The zero-order valence-electron chi connectivity index (χ0n) is 12.0. The Morgan fingerprint density at radius 1 is 1.33 bits per heavy atom. The average Bonchev–Trinajstić information content (AvgIpc) is 2.65. The second-order valence-electron chi connectivity index (χ2n) is 4.97. The van der Waals surface area contributed by atoms with Gasteiger partial charge in [-0.05, 0) is 46.1 Å². The lowest BCUT2D eigenvalue weighted by Gasteiger charge is -2.19. The Labute approximate surface area is 115 Å². The molecule has 2 atom stereocenters. The van der Waals surface area contributed by atoms with E-state index in [1.807, 2.05) is 0 Å². The molecule has 0 amide bonds. The Hall–Kier alpha value is -0.450. The summed E-state index contributed by atoms with van der Waals surface area (Å²) in [5.74, 6) is 0.572. The van der Waals surface area contributed by atoms with Crippen molar-refractivity contribution in [2.45, 2.75) is 53.0 Å². The predicted octanol–water partition coefficient (Wildman–Crippen LogP) is 3.21. The quantitative estimate of drug-likeness (QED) is 0.762. The van der Waals surface area contributed by atoms with E-state index in [9.17, 15) is 0 Å². The van der Waals surface area contributed by atoms with Crippen LogP contribution in [0.3, 0.4) is 0 Å². The molecule has 4 heteroatoms. The van der Waals surface area contributed by atoms with Gasteiger partial charge >= 0.3 is 0 Å². The first-order valence-corrected chi connectivity index (χ1v) is 7.68. The summed E-state index contributed by atoms with van der Waals surface area (Å²) >= 11 is 1.76. The fourth-order valence-corrected chi connectivity index (χ4v) is 3.24. The van der Waals surface area contributed by atoms with Crippen LogP contribution in [0.1, 0.15) is 54.7 Å². The molecule has 0 saturated heterocycles. The molecule has 0 aliphatic carbocycles. The third-order valence-corrected chi connectivity index (χ3v) is 4.20. The minimum Gasteiger partial charge on any atom is -0.396 e. The zero-order chi connectivity index (χ0) is 13.5. The van der Waals surface area contributed by atoms with E-state index < -0.39 is 0 Å². The molecule has 0 aromatic carbocycles. The van der Waals surface area contributed by atoms with Gasteiger partial charge in [0.05, 0.1) is 10.7 Å². The maximum Gasteiger partial charge on any atom is 0.0900 e. The van der Waals surface area contributed by atoms with Gasteiger partial charge in [-0.3, -0.25) is 0 Å². The van der Waals surface area contributed by atoms with Crippen molar-refractivity contribution in [1.82, 2.24) is 10.3 Å². The van der Waals surface area contributed by atoms with Crippen molar-refractivity contribution in [3.05, 3.63) is 15.6 Å². The molecule has 2 unspecified atom stereocenters. The molecule has 1 aromatic rings. The lowest BCUT2D eigenvalue weighted by atomic mass is 10.00. The van der Waals surface area contributed by atoms with E-state index in [4.69, 9.17) is 5.11 Å². The van der Waals surface area contributed by atoms with Gasteiger partial charge in [0.25, 0.3) is 0 Å². The van der Waals surface area contributed by atoms with E-state index in [1.54, 1.807) is 11.3 Å². The number of aryl methyl sites for hydroxylation is 2. The van der Waals surface area contributed by atoms with Crippen molar-refractivity contribution in [3.63, 3.8) is 0 Å². The van der Waals surface area contributed by atoms with Crippen LogP contribution in [-0.2, 0) is 0 Å². The van der Waals surface area contributed by atoms with Gasteiger partial charge in [0.2, 0.25) is 0 Å². The zero-order valence-corrected chi connectivity index (χ0v) is 12.8. The van der Waals surface area contributed by atoms with Gasteiger partial charge in [-0.1, -0.05) is 13.3 Å². The molecule has 0 bridgehead atoms. The number of nitrogens with zero attached hydrogens (tertiary/aromatic N) is 1. The number of thiazole rings is 1. The second kappa shape index (κ2) is 7.87. The summed E-state index contributed by atoms with van der Waals surface area (Å²) < 4.78 is 0. The molecule has 0 fully saturated rings. The molecule has 0 aliphatic rings. The Morgan fingerprint density at radius 3 is 2.56 bits per heavy atom. The SMILES string of the molecule is CCCC(CCO)CNC(C)c1nc(C)sc1C. The van der Waals surface area contributed by atoms with Gasteiger partial charge in [0, 0.05) is 17.5 Å². The molecule has 3 nitrogen and oxygen atoms in total. The van der Waals surface area contributed by atoms with E-state index in [1.165, 1.54) is 23.4 Å². The molecule has 2 N–H and O–H groups in total. The first kappa shape index (κ1) is 15.6. The topological polar surface area (TPSA) is 45.1 Å². The van der Waals surface area contributed by atoms with Crippen LogP contribution >= 0.6 is 11.3 Å². The van der Waals surface area contributed by atoms with Crippen LogP contribution in [0.2, 0.25) is 0 Å². The van der Waals surface area contributed by atoms with E-state index >= 15 is 0 Å². The molecule has 1 heterocycles. The maximum atomic E-state index is 9.05. The van der Waals surface area contributed by atoms with Crippen LogP contribution in [0.5, 0.6) is 0 Å². The highest BCUT2D eigenvalue weighted by Crippen LogP contribution is 2.22. The molecule has 0 radical (unpaired) electrons. The molecule has 18 heavy (non-hydrogen) atoms. The van der Waals surface area contributed by atoms with Crippen LogP contribution in [0, 0.1) is 19.8 Å². The standard InChI is InChI=1S/C14H26N2OS/c1-5-6-13(7-8-17)9-15-10(2)14-11(3)18-12(4)16-14/h10,13,15,17H,5-9H2,1-4H3. The van der Waals surface area contributed by atoms with E-state index in [2.05, 4.69) is 38.0 Å². The Morgan fingerprint density at radius 2 is 2.06 bits per heavy atom. The Bertz CT molecular complexity index is 346. The van der Waals surface area contributed by atoms with Gasteiger partial charge in [-0.25, -0.2) is 4.98 Å². The fraction of sp³-hybridized carbons (Fsp3) is 0.786. The summed E-state index contributed by atoms with van der Waals surface area (Å²) in [5, 5.41) is 13.7. The normalized spacial score (nSPS) is 14.7. The number of nitrogens with one attached hydrogen (secondary N) is 1. The number of rotatable bonds is 8. The van der Waals surface area contributed by atoms with Crippen LogP contribution in [0.25, 0.3) is 0 Å². The van der Waals surface area contributed by atoms with E-state index in [-0.39, 0.29) is 6.61 Å². The highest BCUT2D eigenvalue weighted by atomic mass is 32.1. The summed E-state index contributed by atoms with van der Waals surface area (Å²) in [6, 6.07) is 0.299. The summed E-state index contributed by atoms with van der Waals surface area (Å²) in [4.78, 5) is 5.89. The maximum absolute atomic E-state index is 9.05. The van der Waals surface area contributed by atoms with Crippen molar-refractivity contribution in [2.24, 2.45) is 5.92 Å². The monoisotopic (exact) mass is 270 g/mol. The largest absolute Gasteiger partial charge is 0.396 e. The number of aliphatic hydroxyl groups excluding tert-OH is 1. The second-order valence-corrected chi connectivity index (χ2v) is 6.38. The van der Waals surface area contributed by atoms with E-state index in [0.717, 1.165) is 18.0 Å². The highest BCUT2D eigenvalue weighted by molar-refractivity contribution is 7.11. The third-order valence-electron chi connectivity index (χ3n) is 3.30. The molecular weight excluding hydrogens is 244 g/mol. The highest BCUT2D eigenvalue weighted by Gasteiger charge is 2.14. The Kier molecular flexibility index (Phi) is 6.82. The lowest BCUT2D eigenvalue weighted by molar-refractivity contribution is 0.245. The summed E-state index contributed by atoms with van der Waals surface area (Å²) in [5.41, 5.74) is 1.18. The molecule has 104 valence electrons. The van der Waals surface area contributed by atoms with Crippen molar-refractivity contribution in [1.29, 1.82) is 0 Å². The summed E-state index contributed by atoms with van der Waals surface area (Å²) in [6.07, 6.45) is 3.24. The minimum atomic E-state index is 0.287. The molecular formula is C14H26N2OS. The third kappa shape index (κ3) is 4.67. The molecule has 1 rings (SSSR count). The van der Waals surface area contributed by atoms with Gasteiger partial charge in [-0.15, -0.1) is 11.3 Å².